The van der Waals surface area contributed by atoms with Crippen molar-refractivity contribution in [3.8, 4) is 0 Å². The molecule has 124 valence electrons. The predicted molar refractivity (Wildman–Crippen MR) is 94.2 cm³/mol. The second kappa shape index (κ2) is 5.96. The molecule has 1 amide bonds. The molecular weight excluding hydrogens is 304 g/mol. The van der Waals surface area contributed by atoms with Crippen molar-refractivity contribution < 1.29 is 4.79 Å². The number of para-hydroxylation sites is 1. The van der Waals surface area contributed by atoms with Crippen molar-refractivity contribution in [2.24, 2.45) is 7.05 Å². The van der Waals surface area contributed by atoms with Crippen molar-refractivity contribution in [1.82, 2.24) is 14.3 Å². The highest BCUT2D eigenvalue weighted by atomic mass is 16.2. The molecule has 3 aromatic rings. The number of anilines is 1. The average molecular weight is 324 g/mol. The standard InChI is InChI=1S/C18H20N4O2/c1-11-7-5-6-8-15(11)19-17(23)13(3)22-10-9-14-12(2)20-21(4)16(14)18(22)24/h5-10,13H,1-4H3,(H,19,23). The van der Waals surface area contributed by atoms with E-state index in [0.29, 0.717) is 5.52 Å². The minimum absolute atomic E-state index is 0.219. The van der Waals surface area contributed by atoms with Crippen molar-refractivity contribution in [2.75, 3.05) is 5.32 Å². The first-order valence-electron chi connectivity index (χ1n) is 7.81. The highest BCUT2D eigenvalue weighted by Gasteiger charge is 2.19. The number of benzene rings is 1. The molecule has 0 aliphatic heterocycles. The molecule has 0 fully saturated rings. The highest BCUT2D eigenvalue weighted by molar-refractivity contribution is 5.94. The maximum Gasteiger partial charge on any atom is 0.277 e. The van der Waals surface area contributed by atoms with E-state index in [-0.39, 0.29) is 11.5 Å². The number of carbonyl (C=O) groups excluding carboxylic acids is 1. The zero-order valence-corrected chi connectivity index (χ0v) is 14.2. The summed E-state index contributed by atoms with van der Waals surface area (Å²) in [5.74, 6) is -0.232. The summed E-state index contributed by atoms with van der Waals surface area (Å²) in [6.07, 6.45) is 1.65. The predicted octanol–water partition coefficient (Wildman–Crippen LogP) is 2.55. The Hall–Kier alpha value is -2.89. The number of aromatic nitrogens is 3. The summed E-state index contributed by atoms with van der Waals surface area (Å²) in [5, 5.41) is 7.97. The number of nitrogens with zero attached hydrogens (tertiary/aromatic N) is 3. The normalized spacial score (nSPS) is 12.3. The Morgan fingerprint density at radius 3 is 2.62 bits per heavy atom. The summed E-state index contributed by atoms with van der Waals surface area (Å²) in [6.45, 7) is 5.50. The quantitative estimate of drug-likeness (QED) is 0.805. The third kappa shape index (κ3) is 2.60. The molecule has 0 spiro atoms. The number of hydrogen-bond donors (Lipinski definition) is 1. The largest absolute Gasteiger partial charge is 0.324 e. The summed E-state index contributed by atoms with van der Waals surface area (Å²) >= 11 is 0. The number of carbonyl (C=O) groups is 1. The van der Waals surface area contributed by atoms with E-state index in [1.807, 2.05) is 44.2 Å². The molecule has 1 unspecified atom stereocenters. The molecule has 0 aliphatic carbocycles. The van der Waals surface area contributed by atoms with Crippen LogP contribution in [-0.2, 0) is 11.8 Å². The van der Waals surface area contributed by atoms with E-state index in [0.717, 1.165) is 22.3 Å². The van der Waals surface area contributed by atoms with Gasteiger partial charge < -0.3 is 9.88 Å². The molecule has 2 heterocycles. The SMILES string of the molecule is Cc1ccccc1NC(=O)C(C)n1ccc2c(C)nn(C)c2c1=O. The summed E-state index contributed by atoms with van der Waals surface area (Å²) in [7, 11) is 1.74. The number of hydrogen-bond acceptors (Lipinski definition) is 3. The molecule has 1 N–H and O–H groups in total. The number of pyridine rings is 1. The van der Waals surface area contributed by atoms with E-state index in [9.17, 15) is 9.59 Å². The first-order chi connectivity index (χ1) is 11.4. The lowest BCUT2D eigenvalue weighted by Gasteiger charge is -2.16. The summed E-state index contributed by atoms with van der Waals surface area (Å²) in [5.41, 5.74) is 2.81. The van der Waals surface area contributed by atoms with Crippen LogP contribution in [0.2, 0.25) is 0 Å². The summed E-state index contributed by atoms with van der Waals surface area (Å²) in [4.78, 5) is 25.3. The number of amides is 1. The lowest BCUT2D eigenvalue weighted by atomic mass is 10.2. The average Bonchev–Trinajstić information content (AvgIpc) is 2.84. The molecule has 0 bridgehead atoms. The molecule has 0 radical (unpaired) electrons. The van der Waals surface area contributed by atoms with Crippen LogP contribution in [0.15, 0.2) is 41.3 Å². The van der Waals surface area contributed by atoms with E-state index in [4.69, 9.17) is 0 Å². The first kappa shape index (κ1) is 16.0. The number of nitrogens with one attached hydrogen (secondary N) is 1. The van der Waals surface area contributed by atoms with Crippen LogP contribution in [0, 0.1) is 13.8 Å². The fourth-order valence-electron chi connectivity index (χ4n) is 2.85. The Morgan fingerprint density at radius 2 is 1.92 bits per heavy atom. The molecule has 0 aliphatic rings. The molecule has 1 atom stereocenters. The Balaban J connectivity index is 1.97. The Labute approximate surface area is 139 Å². The van der Waals surface area contributed by atoms with E-state index in [1.165, 1.54) is 4.57 Å². The fraction of sp³-hybridized carbons (Fsp3) is 0.278. The minimum atomic E-state index is -0.628. The van der Waals surface area contributed by atoms with E-state index in [1.54, 1.807) is 24.9 Å². The van der Waals surface area contributed by atoms with Gasteiger partial charge in [-0.1, -0.05) is 18.2 Å². The van der Waals surface area contributed by atoms with Gasteiger partial charge in [-0.05, 0) is 38.5 Å². The van der Waals surface area contributed by atoms with Crippen LogP contribution in [0.5, 0.6) is 0 Å². The highest BCUT2D eigenvalue weighted by Crippen LogP contribution is 2.17. The van der Waals surface area contributed by atoms with Crippen LogP contribution in [-0.4, -0.2) is 20.3 Å². The molecule has 3 rings (SSSR count). The van der Waals surface area contributed by atoms with Gasteiger partial charge in [0.05, 0.1) is 5.69 Å². The molecule has 0 saturated carbocycles. The zero-order chi connectivity index (χ0) is 17.4. The zero-order valence-electron chi connectivity index (χ0n) is 14.2. The van der Waals surface area contributed by atoms with Crippen molar-refractivity contribution in [3.05, 3.63) is 58.1 Å². The molecular formula is C18H20N4O2. The molecule has 6 nitrogen and oxygen atoms in total. The van der Waals surface area contributed by atoms with E-state index >= 15 is 0 Å². The van der Waals surface area contributed by atoms with Gasteiger partial charge in [0.1, 0.15) is 11.6 Å². The monoisotopic (exact) mass is 324 g/mol. The minimum Gasteiger partial charge on any atom is -0.324 e. The Bertz CT molecular complexity index is 984. The van der Waals surface area contributed by atoms with Gasteiger partial charge in [-0.15, -0.1) is 0 Å². The Kier molecular flexibility index (Phi) is 3.97. The Morgan fingerprint density at radius 1 is 1.21 bits per heavy atom. The van der Waals surface area contributed by atoms with Crippen molar-refractivity contribution in [2.45, 2.75) is 26.8 Å². The number of fused-ring (bicyclic) bond motifs is 1. The number of rotatable bonds is 3. The molecule has 1 aromatic carbocycles. The smallest absolute Gasteiger partial charge is 0.277 e. The van der Waals surface area contributed by atoms with Crippen LogP contribution < -0.4 is 10.9 Å². The second-order valence-corrected chi connectivity index (χ2v) is 5.98. The van der Waals surface area contributed by atoms with Crippen molar-refractivity contribution >= 4 is 22.5 Å². The van der Waals surface area contributed by atoms with Gasteiger partial charge >= 0.3 is 0 Å². The van der Waals surface area contributed by atoms with Gasteiger partial charge in [0, 0.05) is 24.3 Å². The van der Waals surface area contributed by atoms with E-state index < -0.39 is 6.04 Å². The topological polar surface area (TPSA) is 68.9 Å². The third-order valence-electron chi connectivity index (χ3n) is 4.31. The van der Waals surface area contributed by atoms with Gasteiger partial charge in [0.2, 0.25) is 5.91 Å². The second-order valence-electron chi connectivity index (χ2n) is 5.98. The lowest BCUT2D eigenvalue weighted by Crippen LogP contribution is -2.32. The van der Waals surface area contributed by atoms with Crippen LogP contribution >= 0.6 is 0 Å². The van der Waals surface area contributed by atoms with Crippen LogP contribution in [0.1, 0.15) is 24.2 Å². The molecule has 2 aromatic heterocycles. The van der Waals surface area contributed by atoms with Crippen molar-refractivity contribution in [3.63, 3.8) is 0 Å². The van der Waals surface area contributed by atoms with Crippen LogP contribution in [0.3, 0.4) is 0 Å². The lowest BCUT2D eigenvalue weighted by molar-refractivity contribution is -0.118. The molecule has 0 saturated heterocycles. The maximum absolute atomic E-state index is 12.8. The number of aryl methyl sites for hydroxylation is 3. The van der Waals surface area contributed by atoms with Crippen molar-refractivity contribution in [1.29, 1.82) is 0 Å². The molecule has 6 heteroatoms. The first-order valence-corrected chi connectivity index (χ1v) is 7.81. The third-order valence-corrected chi connectivity index (χ3v) is 4.31. The van der Waals surface area contributed by atoms with Gasteiger partial charge in [0.25, 0.3) is 5.56 Å². The van der Waals surface area contributed by atoms with Crippen LogP contribution in [0.25, 0.3) is 10.9 Å². The fourth-order valence-corrected chi connectivity index (χ4v) is 2.85. The summed E-state index contributed by atoms with van der Waals surface area (Å²) < 4.78 is 3.01. The van der Waals surface area contributed by atoms with Gasteiger partial charge in [-0.3, -0.25) is 14.3 Å². The van der Waals surface area contributed by atoms with Gasteiger partial charge in [-0.2, -0.15) is 5.10 Å². The maximum atomic E-state index is 12.8. The van der Waals surface area contributed by atoms with Gasteiger partial charge in [-0.25, -0.2) is 0 Å². The van der Waals surface area contributed by atoms with E-state index in [2.05, 4.69) is 10.4 Å². The summed E-state index contributed by atoms with van der Waals surface area (Å²) in [6, 6.07) is 8.75. The molecule has 24 heavy (non-hydrogen) atoms. The van der Waals surface area contributed by atoms with Crippen LogP contribution in [0.4, 0.5) is 5.69 Å². The van der Waals surface area contributed by atoms with Gasteiger partial charge in [0.15, 0.2) is 0 Å².